The minimum absolute atomic E-state index is 0.220. The largest absolute Gasteiger partial charge is 0.325 e. The molecular weight excluding hydrogens is 260 g/mol. The number of hydrogen-bond acceptors (Lipinski definition) is 3. The molecule has 3 atom stereocenters. The van der Waals surface area contributed by atoms with Crippen molar-refractivity contribution >= 4 is 9.84 Å². The van der Waals surface area contributed by atoms with Gasteiger partial charge >= 0.3 is 0 Å². The van der Waals surface area contributed by atoms with Gasteiger partial charge in [0, 0.05) is 19.4 Å². The Labute approximate surface area is 116 Å². The molecule has 0 aliphatic heterocycles. The number of sulfone groups is 1. The van der Waals surface area contributed by atoms with E-state index in [9.17, 15) is 8.42 Å². The van der Waals surface area contributed by atoms with Gasteiger partial charge in [0.25, 0.3) is 0 Å². The molecule has 5 heteroatoms. The van der Waals surface area contributed by atoms with Gasteiger partial charge in [-0.2, -0.15) is 0 Å². The van der Waals surface area contributed by atoms with E-state index in [4.69, 9.17) is 0 Å². The highest BCUT2D eigenvalue weighted by molar-refractivity contribution is 7.91. The summed E-state index contributed by atoms with van der Waals surface area (Å²) in [6.45, 7) is 6.40. The Hall–Kier alpha value is -0.840. The summed E-state index contributed by atoms with van der Waals surface area (Å²) in [5, 5.41) is -0.0606. The fourth-order valence-corrected chi connectivity index (χ4v) is 5.67. The van der Waals surface area contributed by atoms with Crippen LogP contribution in [0.5, 0.6) is 0 Å². The summed E-state index contributed by atoms with van der Waals surface area (Å²) < 4.78 is 27.3. The monoisotopic (exact) mass is 284 g/mol. The van der Waals surface area contributed by atoms with Crippen molar-refractivity contribution in [2.24, 2.45) is 24.8 Å². The van der Waals surface area contributed by atoms with E-state index in [2.05, 4.69) is 25.8 Å². The zero-order valence-corrected chi connectivity index (χ0v) is 13.0. The van der Waals surface area contributed by atoms with E-state index in [1.54, 1.807) is 24.0 Å². The van der Waals surface area contributed by atoms with E-state index in [0.29, 0.717) is 11.8 Å². The number of aromatic nitrogens is 2. The maximum absolute atomic E-state index is 12.8. The average molecular weight is 284 g/mol. The van der Waals surface area contributed by atoms with Gasteiger partial charge in [-0.05, 0) is 30.6 Å². The molecule has 1 heterocycles. The molecule has 3 unspecified atom stereocenters. The van der Waals surface area contributed by atoms with Crippen LogP contribution >= 0.6 is 0 Å². The van der Waals surface area contributed by atoms with Crippen LogP contribution in [0.3, 0.4) is 0 Å². The summed E-state index contributed by atoms with van der Waals surface area (Å²) in [6.07, 6.45) is 6.16. The van der Waals surface area contributed by atoms with Crippen LogP contribution in [0.4, 0.5) is 0 Å². The zero-order chi connectivity index (χ0) is 14.2. The highest BCUT2D eigenvalue weighted by atomic mass is 32.2. The number of rotatable bonds is 3. The van der Waals surface area contributed by atoms with Crippen molar-refractivity contribution in [3.8, 4) is 0 Å². The van der Waals surface area contributed by atoms with Crippen LogP contribution in [0.2, 0.25) is 0 Å². The summed E-state index contributed by atoms with van der Waals surface area (Å²) >= 11 is 0. The van der Waals surface area contributed by atoms with Gasteiger partial charge in [-0.25, -0.2) is 13.4 Å². The molecule has 1 saturated carbocycles. The van der Waals surface area contributed by atoms with Crippen LogP contribution in [0, 0.1) is 17.8 Å². The normalized spacial score (nSPS) is 28.8. The summed E-state index contributed by atoms with van der Waals surface area (Å²) in [5.41, 5.74) is 0. The lowest BCUT2D eigenvalue weighted by molar-refractivity contribution is 0.236. The SMILES string of the molecule is CC1CCC(C(C)C)C(S(=O)(=O)c2nccn2C)C1. The Bertz CT molecular complexity index is 533. The maximum atomic E-state index is 12.8. The Morgan fingerprint density at radius 1 is 1.37 bits per heavy atom. The van der Waals surface area contributed by atoms with E-state index >= 15 is 0 Å². The Balaban J connectivity index is 2.39. The lowest BCUT2D eigenvalue weighted by Gasteiger charge is -2.36. The second-order valence-corrected chi connectivity index (χ2v) is 8.29. The first-order valence-electron chi connectivity index (χ1n) is 7.05. The van der Waals surface area contributed by atoms with Crippen LogP contribution in [0.1, 0.15) is 40.0 Å². The van der Waals surface area contributed by atoms with Crippen molar-refractivity contribution < 1.29 is 8.42 Å². The third-order valence-electron chi connectivity index (χ3n) is 4.39. The van der Waals surface area contributed by atoms with Crippen molar-refractivity contribution in [1.29, 1.82) is 0 Å². The first kappa shape index (κ1) is 14.6. The second kappa shape index (κ2) is 5.27. The van der Waals surface area contributed by atoms with Gasteiger partial charge in [0.1, 0.15) is 0 Å². The minimum Gasteiger partial charge on any atom is -0.325 e. The molecule has 0 radical (unpaired) electrons. The molecule has 1 aromatic heterocycles. The first-order valence-corrected chi connectivity index (χ1v) is 8.60. The minimum atomic E-state index is -3.32. The quantitative estimate of drug-likeness (QED) is 0.857. The molecule has 1 aromatic rings. The molecule has 1 aliphatic rings. The van der Waals surface area contributed by atoms with Gasteiger partial charge < -0.3 is 4.57 Å². The Morgan fingerprint density at radius 3 is 2.58 bits per heavy atom. The van der Waals surface area contributed by atoms with E-state index in [0.717, 1.165) is 19.3 Å². The van der Waals surface area contributed by atoms with Gasteiger partial charge in [0.15, 0.2) is 0 Å². The van der Waals surface area contributed by atoms with Crippen LogP contribution in [0.25, 0.3) is 0 Å². The molecule has 2 rings (SSSR count). The van der Waals surface area contributed by atoms with Gasteiger partial charge in [0.05, 0.1) is 5.25 Å². The highest BCUT2D eigenvalue weighted by Crippen LogP contribution is 2.39. The van der Waals surface area contributed by atoms with Crippen LogP contribution in [-0.4, -0.2) is 23.2 Å². The molecule has 0 N–H and O–H groups in total. The fourth-order valence-electron chi connectivity index (χ4n) is 3.23. The average Bonchev–Trinajstić information content (AvgIpc) is 2.75. The van der Waals surface area contributed by atoms with Gasteiger partial charge in [-0.3, -0.25) is 0 Å². The maximum Gasteiger partial charge on any atom is 0.227 e. The third kappa shape index (κ3) is 2.71. The summed E-state index contributed by atoms with van der Waals surface area (Å²) in [6, 6.07) is 0. The molecule has 19 heavy (non-hydrogen) atoms. The van der Waals surface area contributed by atoms with E-state index in [1.165, 1.54) is 0 Å². The summed E-state index contributed by atoms with van der Waals surface area (Å²) in [4.78, 5) is 4.06. The van der Waals surface area contributed by atoms with E-state index < -0.39 is 9.84 Å². The zero-order valence-electron chi connectivity index (χ0n) is 12.2. The topological polar surface area (TPSA) is 52.0 Å². The molecule has 0 bridgehead atoms. The number of aryl methyl sites for hydroxylation is 1. The lowest BCUT2D eigenvalue weighted by Crippen LogP contribution is -2.39. The fraction of sp³-hybridized carbons (Fsp3) is 0.786. The summed E-state index contributed by atoms with van der Waals surface area (Å²) in [7, 11) is -1.58. The molecule has 1 fully saturated rings. The lowest BCUT2D eigenvalue weighted by atomic mass is 9.77. The van der Waals surface area contributed by atoms with Crippen molar-refractivity contribution in [1.82, 2.24) is 9.55 Å². The predicted octanol–water partition coefficient (Wildman–Crippen LogP) is 2.65. The first-order chi connectivity index (χ1) is 8.84. The number of imidazole rings is 1. The molecule has 0 amide bonds. The van der Waals surface area contributed by atoms with E-state index in [-0.39, 0.29) is 16.3 Å². The van der Waals surface area contributed by atoms with Crippen molar-refractivity contribution in [2.75, 3.05) is 0 Å². The summed E-state index contributed by atoms with van der Waals surface area (Å²) in [5.74, 6) is 1.13. The van der Waals surface area contributed by atoms with Gasteiger partial charge in [0.2, 0.25) is 15.0 Å². The van der Waals surface area contributed by atoms with Crippen LogP contribution in [0.15, 0.2) is 17.6 Å². The molecular formula is C14H24N2O2S. The molecule has 4 nitrogen and oxygen atoms in total. The van der Waals surface area contributed by atoms with Crippen molar-refractivity contribution in [3.05, 3.63) is 12.4 Å². The Morgan fingerprint density at radius 2 is 2.05 bits per heavy atom. The second-order valence-electron chi connectivity index (χ2n) is 6.23. The van der Waals surface area contributed by atoms with Crippen molar-refractivity contribution in [2.45, 2.75) is 50.4 Å². The van der Waals surface area contributed by atoms with Crippen LogP contribution in [-0.2, 0) is 16.9 Å². The molecule has 108 valence electrons. The predicted molar refractivity (Wildman–Crippen MR) is 75.5 cm³/mol. The number of nitrogens with zero attached hydrogens (tertiary/aromatic N) is 2. The highest BCUT2D eigenvalue weighted by Gasteiger charge is 2.41. The number of hydrogen-bond donors (Lipinski definition) is 0. The van der Waals surface area contributed by atoms with Gasteiger partial charge in [-0.15, -0.1) is 0 Å². The molecule has 0 saturated heterocycles. The third-order valence-corrected chi connectivity index (χ3v) is 6.63. The standard InChI is InChI=1S/C14H24N2O2S/c1-10(2)12-6-5-11(3)9-13(12)19(17,18)14-15-7-8-16(14)4/h7-8,10-13H,5-6,9H2,1-4H3. The smallest absolute Gasteiger partial charge is 0.227 e. The molecule has 0 aromatic carbocycles. The van der Waals surface area contributed by atoms with E-state index in [1.807, 2.05) is 0 Å². The van der Waals surface area contributed by atoms with Crippen molar-refractivity contribution in [3.63, 3.8) is 0 Å². The van der Waals surface area contributed by atoms with Crippen LogP contribution < -0.4 is 0 Å². The molecule has 1 aliphatic carbocycles. The Kier molecular flexibility index (Phi) is 4.04. The van der Waals surface area contributed by atoms with Gasteiger partial charge in [-0.1, -0.05) is 27.2 Å². The molecule has 0 spiro atoms.